The van der Waals surface area contributed by atoms with E-state index in [0.717, 1.165) is 11.7 Å². The second-order valence-corrected chi connectivity index (χ2v) is 6.14. The molecule has 0 spiro atoms. The van der Waals surface area contributed by atoms with Gasteiger partial charge in [0, 0.05) is 18.0 Å². The van der Waals surface area contributed by atoms with Crippen molar-refractivity contribution >= 4 is 22.4 Å². The zero-order chi connectivity index (χ0) is 13.1. The van der Waals surface area contributed by atoms with Crippen molar-refractivity contribution in [2.24, 2.45) is 5.92 Å². The summed E-state index contributed by atoms with van der Waals surface area (Å²) in [7, 11) is 0. The lowest BCUT2D eigenvalue weighted by atomic mass is 10.1. The topological polar surface area (TPSA) is 53.4 Å². The smallest absolute Gasteiger partial charge is 0.355 e. The largest absolute Gasteiger partial charge is 0.476 e. The fourth-order valence-corrected chi connectivity index (χ4v) is 3.37. The van der Waals surface area contributed by atoms with Crippen LogP contribution in [0.2, 0.25) is 0 Å². The van der Waals surface area contributed by atoms with Gasteiger partial charge >= 0.3 is 5.97 Å². The van der Waals surface area contributed by atoms with Gasteiger partial charge in [0.15, 0.2) is 10.8 Å². The molecular weight excluding hydrogens is 248 g/mol. The van der Waals surface area contributed by atoms with E-state index < -0.39 is 5.97 Å². The predicted molar refractivity (Wildman–Crippen MR) is 73.5 cm³/mol. The number of anilines is 1. The molecule has 0 amide bonds. The molecular formula is C13H20N2O2S. The normalized spacial score (nSPS) is 16.4. The second-order valence-electron chi connectivity index (χ2n) is 5.30. The molecule has 1 N–H and O–H groups in total. The van der Waals surface area contributed by atoms with Gasteiger partial charge in [-0.25, -0.2) is 9.78 Å². The number of aromatic nitrogens is 1. The molecule has 1 aliphatic carbocycles. The highest BCUT2D eigenvalue weighted by molar-refractivity contribution is 7.13. The number of carboxylic acids is 1. The van der Waals surface area contributed by atoms with E-state index in [-0.39, 0.29) is 5.69 Å². The number of carbonyl (C=O) groups is 1. The summed E-state index contributed by atoms with van der Waals surface area (Å²) >= 11 is 1.45. The molecule has 5 heteroatoms. The lowest BCUT2D eigenvalue weighted by Gasteiger charge is -2.30. The third kappa shape index (κ3) is 3.02. The first-order chi connectivity index (χ1) is 8.58. The first kappa shape index (κ1) is 13.3. The minimum atomic E-state index is -0.937. The molecule has 1 aliphatic rings. The van der Waals surface area contributed by atoms with Gasteiger partial charge in [0.1, 0.15) is 0 Å². The van der Waals surface area contributed by atoms with Gasteiger partial charge in [-0.1, -0.05) is 26.7 Å². The van der Waals surface area contributed by atoms with E-state index in [2.05, 4.69) is 23.7 Å². The summed E-state index contributed by atoms with van der Waals surface area (Å²) in [4.78, 5) is 17.5. The molecule has 1 heterocycles. The number of aromatic carboxylic acids is 1. The van der Waals surface area contributed by atoms with Crippen LogP contribution in [0.3, 0.4) is 0 Å². The van der Waals surface area contributed by atoms with Crippen molar-refractivity contribution in [2.75, 3.05) is 11.4 Å². The van der Waals surface area contributed by atoms with Gasteiger partial charge in [0.25, 0.3) is 0 Å². The maximum Gasteiger partial charge on any atom is 0.355 e. The van der Waals surface area contributed by atoms with Crippen molar-refractivity contribution in [2.45, 2.75) is 45.6 Å². The van der Waals surface area contributed by atoms with Gasteiger partial charge in [-0.2, -0.15) is 0 Å². The van der Waals surface area contributed by atoms with Crippen molar-refractivity contribution in [3.63, 3.8) is 0 Å². The van der Waals surface area contributed by atoms with Crippen LogP contribution < -0.4 is 4.90 Å². The molecule has 4 nitrogen and oxygen atoms in total. The van der Waals surface area contributed by atoms with Crippen molar-refractivity contribution in [3.8, 4) is 0 Å². The Bertz CT molecular complexity index is 411. The summed E-state index contributed by atoms with van der Waals surface area (Å²) < 4.78 is 0. The van der Waals surface area contributed by atoms with E-state index in [1.54, 1.807) is 5.38 Å². The van der Waals surface area contributed by atoms with Crippen LogP contribution in [0.25, 0.3) is 0 Å². The number of nitrogens with zero attached hydrogens (tertiary/aromatic N) is 2. The summed E-state index contributed by atoms with van der Waals surface area (Å²) in [6.45, 7) is 5.33. The number of thiazole rings is 1. The highest BCUT2D eigenvalue weighted by Crippen LogP contribution is 2.31. The molecule has 0 atom stereocenters. The van der Waals surface area contributed by atoms with Gasteiger partial charge in [-0.3, -0.25) is 0 Å². The molecule has 0 unspecified atom stereocenters. The van der Waals surface area contributed by atoms with Crippen LogP contribution in [0, 0.1) is 5.92 Å². The van der Waals surface area contributed by atoms with E-state index >= 15 is 0 Å². The monoisotopic (exact) mass is 268 g/mol. The van der Waals surface area contributed by atoms with Gasteiger partial charge < -0.3 is 10.0 Å². The van der Waals surface area contributed by atoms with E-state index in [9.17, 15) is 4.79 Å². The van der Waals surface area contributed by atoms with Gasteiger partial charge in [-0.15, -0.1) is 11.3 Å². The van der Waals surface area contributed by atoms with Crippen LogP contribution in [0.1, 0.15) is 50.0 Å². The van der Waals surface area contributed by atoms with E-state index in [1.807, 2.05) is 0 Å². The lowest BCUT2D eigenvalue weighted by Crippen LogP contribution is -2.36. The van der Waals surface area contributed by atoms with Crippen LogP contribution in [-0.4, -0.2) is 28.6 Å². The fourth-order valence-electron chi connectivity index (χ4n) is 2.49. The maximum absolute atomic E-state index is 10.9. The molecule has 1 fully saturated rings. The Labute approximate surface area is 112 Å². The molecule has 1 aromatic rings. The van der Waals surface area contributed by atoms with Crippen molar-refractivity contribution in [3.05, 3.63) is 11.1 Å². The second kappa shape index (κ2) is 5.69. The molecule has 0 aromatic carbocycles. The molecule has 100 valence electrons. The molecule has 18 heavy (non-hydrogen) atoms. The Morgan fingerprint density at radius 2 is 2.22 bits per heavy atom. The molecule has 0 radical (unpaired) electrons. The summed E-state index contributed by atoms with van der Waals surface area (Å²) in [6, 6.07) is 0.542. The Kier molecular flexibility index (Phi) is 4.22. The fraction of sp³-hybridized carbons (Fsp3) is 0.692. The molecule has 1 saturated carbocycles. The van der Waals surface area contributed by atoms with Crippen LogP contribution in [0.15, 0.2) is 5.38 Å². The number of hydrogen-bond acceptors (Lipinski definition) is 4. The highest BCUT2D eigenvalue weighted by Gasteiger charge is 2.26. The first-order valence-electron chi connectivity index (χ1n) is 6.53. The Hall–Kier alpha value is -1.10. The lowest BCUT2D eigenvalue weighted by molar-refractivity contribution is 0.0691. The molecule has 0 aliphatic heterocycles. The predicted octanol–water partition coefficient (Wildman–Crippen LogP) is 3.25. The third-order valence-electron chi connectivity index (χ3n) is 3.28. The zero-order valence-corrected chi connectivity index (χ0v) is 11.7. The van der Waals surface area contributed by atoms with Crippen LogP contribution in [-0.2, 0) is 0 Å². The van der Waals surface area contributed by atoms with Crippen molar-refractivity contribution in [1.82, 2.24) is 4.98 Å². The maximum atomic E-state index is 10.9. The van der Waals surface area contributed by atoms with E-state index in [0.29, 0.717) is 12.0 Å². The van der Waals surface area contributed by atoms with E-state index in [1.165, 1.54) is 37.0 Å². The average molecular weight is 268 g/mol. The number of rotatable bonds is 5. The first-order valence-corrected chi connectivity index (χ1v) is 7.41. The third-order valence-corrected chi connectivity index (χ3v) is 4.16. The molecule has 2 rings (SSSR count). The number of carboxylic acid groups (broad SMARTS) is 1. The zero-order valence-electron chi connectivity index (χ0n) is 10.9. The highest BCUT2D eigenvalue weighted by atomic mass is 32.1. The Balaban J connectivity index is 2.18. The van der Waals surface area contributed by atoms with Crippen molar-refractivity contribution < 1.29 is 9.90 Å². The number of hydrogen-bond donors (Lipinski definition) is 1. The minimum absolute atomic E-state index is 0.168. The SMILES string of the molecule is CC(C)CN(c1nc(C(=O)O)cs1)C1CCCC1. The average Bonchev–Trinajstić information content (AvgIpc) is 2.97. The van der Waals surface area contributed by atoms with Crippen molar-refractivity contribution in [1.29, 1.82) is 0 Å². The van der Waals surface area contributed by atoms with Gasteiger partial charge in [0.2, 0.25) is 0 Å². The van der Waals surface area contributed by atoms with Crippen LogP contribution >= 0.6 is 11.3 Å². The van der Waals surface area contributed by atoms with Gasteiger partial charge in [0.05, 0.1) is 0 Å². The van der Waals surface area contributed by atoms with E-state index in [4.69, 9.17) is 5.11 Å². The molecule has 1 aromatic heterocycles. The molecule has 0 bridgehead atoms. The standard InChI is InChI=1S/C13H20N2O2S/c1-9(2)7-15(10-5-3-4-6-10)13-14-11(8-18-13)12(16)17/h8-10H,3-7H2,1-2H3,(H,16,17). The summed E-state index contributed by atoms with van der Waals surface area (Å²) in [5.41, 5.74) is 0.168. The Morgan fingerprint density at radius 1 is 1.56 bits per heavy atom. The summed E-state index contributed by atoms with van der Waals surface area (Å²) in [5, 5.41) is 11.5. The van der Waals surface area contributed by atoms with Crippen LogP contribution in [0.5, 0.6) is 0 Å². The summed E-state index contributed by atoms with van der Waals surface area (Å²) in [5.74, 6) is -0.379. The minimum Gasteiger partial charge on any atom is -0.476 e. The molecule has 0 saturated heterocycles. The van der Waals surface area contributed by atoms with Crippen LogP contribution in [0.4, 0.5) is 5.13 Å². The van der Waals surface area contributed by atoms with Gasteiger partial charge in [-0.05, 0) is 18.8 Å². The quantitative estimate of drug-likeness (QED) is 0.890. The Morgan fingerprint density at radius 3 is 2.72 bits per heavy atom. The summed E-state index contributed by atoms with van der Waals surface area (Å²) in [6.07, 6.45) is 4.95.